The fourth-order valence-corrected chi connectivity index (χ4v) is 5.13. The van der Waals surface area contributed by atoms with E-state index in [4.69, 9.17) is 5.73 Å². The fraction of sp³-hybridized carbons (Fsp3) is 0.280. The SMILES string of the molecule is C=CC(=O)N1C[C@@H]2C[C@@H]2c2c(-c3c(F)cc(CC(N)=O)c4[nH]c(C)c(C)c34)cccc21. The van der Waals surface area contributed by atoms with Crippen LogP contribution in [0.3, 0.4) is 0 Å². The molecule has 1 aliphatic carbocycles. The van der Waals surface area contributed by atoms with Crippen LogP contribution in [0.15, 0.2) is 36.9 Å². The van der Waals surface area contributed by atoms with Gasteiger partial charge >= 0.3 is 0 Å². The van der Waals surface area contributed by atoms with Gasteiger partial charge in [0.25, 0.3) is 0 Å². The summed E-state index contributed by atoms with van der Waals surface area (Å²) in [6.07, 6.45) is 2.28. The number of hydrogen-bond donors (Lipinski definition) is 2. The summed E-state index contributed by atoms with van der Waals surface area (Å²) in [7, 11) is 0. The third-order valence-electron chi connectivity index (χ3n) is 6.77. The standard InChI is InChI=1S/C25H24FN3O2/c1-4-21(31)29-11-15-8-17(15)23-16(6-5-7-19(23)29)24-18(26)9-14(10-20(27)30)25-22(24)12(2)13(3)28-25/h4-7,9,15,17,28H,1,8,10-11H2,2-3H3,(H2,27,30)/t15-,17-/m0/s1. The molecule has 0 spiro atoms. The molecule has 0 saturated heterocycles. The van der Waals surface area contributed by atoms with Crippen molar-refractivity contribution in [3.63, 3.8) is 0 Å². The van der Waals surface area contributed by atoms with Crippen LogP contribution in [0, 0.1) is 25.6 Å². The van der Waals surface area contributed by atoms with Gasteiger partial charge in [-0.05, 0) is 72.6 Å². The number of carbonyl (C=O) groups is 2. The third kappa shape index (κ3) is 2.89. The Bertz CT molecular complexity index is 1290. The zero-order valence-electron chi connectivity index (χ0n) is 17.6. The van der Waals surface area contributed by atoms with Crippen LogP contribution in [0.5, 0.6) is 0 Å². The fourth-order valence-electron chi connectivity index (χ4n) is 5.13. The average molecular weight is 417 g/mol. The maximum atomic E-state index is 15.7. The molecule has 0 radical (unpaired) electrons. The van der Waals surface area contributed by atoms with Crippen molar-refractivity contribution < 1.29 is 14.0 Å². The number of nitrogens with zero attached hydrogens (tertiary/aromatic N) is 1. The number of hydrogen-bond acceptors (Lipinski definition) is 2. The minimum Gasteiger partial charge on any atom is -0.369 e. The number of fused-ring (bicyclic) bond motifs is 4. The predicted molar refractivity (Wildman–Crippen MR) is 119 cm³/mol. The number of aromatic amines is 1. The van der Waals surface area contributed by atoms with Crippen LogP contribution in [0.25, 0.3) is 22.0 Å². The Morgan fingerprint density at radius 3 is 2.84 bits per heavy atom. The molecule has 5 rings (SSSR count). The van der Waals surface area contributed by atoms with Crippen molar-refractivity contribution in [3.05, 3.63) is 65.1 Å². The summed E-state index contributed by atoms with van der Waals surface area (Å²) in [6.45, 7) is 8.20. The minimum atomic E-state index is -0.505. The van der Waals surface area contributed by atoms with E-state index in [9.17, 15) is 9.59 Å². The van der Waals surface area contributed by atoms with Gasteiger partial charge in [0.15, 0.2) is 0 Å². The summed E-state index contributed by atoms with van der Waals surface area (Å²) >= 11 is 0. The molecular formula is C25H24FN3O2. The summed E-state index contributed by atoms with van der Waals surface area (Å²) in [4.78, 5) is 29.2. The van der Waals surface area contributed by atoms with Crippen molar-refractivity contribution in [3.8, 4) is 11.1 Å². The van der Waals surface area contributed by atoms with Crippen LogP contribution in [-0.2, 0) is 16.0 Å². The molecule has 2 aromatic carbocycles. The monoisotopic (exact) mass is 417 g/mol. The number of primary amides is 1. The Kier molecular flexibility index (Phi) is 4.29. The second-order valence-electron chi connectivity index (χ2n) is 8.65. The van der Waals surface area contributed by atoms with Crippen LogP contribution in [0.1, 0.15) is 34.7 Å². The van der Waals surface area contributed by atoms with Crippen LogP contribution >= 0.6 is 0 Å². The molecule has 1 fully saturated rings. The molecule has 0 unspecified atom stereocenters. The Morgan fingerprint density at radius 2 is 2.13 bits per heavy atom. The molecule has 0 bridgehead atoms. The lowest BCUT2D eigenvalue weighted by Gasteiger charge is -2.30. The summed E-state index contributed by atoms with van der Waals surface area (Å²) in [5.41, 5.74) is 11.7. The van der Waals surface area contributed by atoms with Gasteiger partial charge in [-0.2, -0.15) is 0 Å². The highest BCUT2D eigenvalue weighted by atomic mass is 19.1. The van der Waals surface area contributed by atoms with E-state index in [-0.39, 0.29) is 18.1 Å². The lowest BCUT2D eigenvalue weighted by molar-refractivity contribution is -0.117. The van der Waals surface area contributed by atoms with Gasteiger partial charge in [-0.1, -0.05) is 18.7 Å². The number of halogens is 1. The van der Waals surface area contributed by atoms with Crippen LogP contribution in [0.4, 0.5) is 10.1 Å². The van der Waals surface area contributed by atoms with E-state index in [1.165, 1.54) is 12.1 Å². The summed E-state index contributed by atoms with van der Waals surface area (Å²) in [5, 5.41) is 0.770. The van der Waals surface area contributed by atoms with Crippen LogP contribution in [-0.4, -0.2) is 23.3 Å². The molecule has 31 heavy (non-hydrogen) atoms. The van der Waals surface area contributed by atoms with Gasteiger partial charge in [0.05, 0.1) is 11.9 Å². The number of carbonyl (C=O) groups excluding carboxylic acids is 2. The number of nitrogens with two attached hydrogens (primary N) is 1. The highest BCUT2D eigenvalue weighted by Gasteiger charge is 2.47. The van der Waals surface area contributed by atoms with E-state index in [1.807, 2.05) is 32.0 Å². The summed E-state index contributed by atoms with van der Waals surface area (Å²) in [6, 6.07) is 7.15. The molecule has 2 atom stereocenters. The van der Waals surface area contributed by atoms with Crippen molar-refractivity contribution in [2.45, 2.75) is 32.6 Å². The number of H-pyrrole nitrogens is 1. The Hall–Kier alpha value is -3.41. The Balaban J connectivity index is 1.81. The minimum absolute atomic E-state index is 0.0354. The van der Waals surface area contributed by atoms with Gasteiger partial charge in [0.2, 0.25) is 11.8 Å². The van der Waals surface area contributed by atoms with Gasteiger partial charge in [-0.3, -0.25) is 9.59 Å². The van der Waals surface area contributed by atoms with Crippen molar-refractivity contribution in [2.75, 3.05) is 11.4 Å². The first-order valence-corrected chi connectivity index (χ1v) is 10.5. The molecule has 6 heteroatoms. The van der Waals surface area contributed by atoms with Gasteiger partial charge in [-0.25, -0.2) is 4.39 Å². The molecule has 1 aliphatic heterocycles. The normalized spacial score (nSPS) is 19.1. The molecule has 1 aromatic heterocycles. The lowest BCUT2D eigenvalue weighted by Crippen LogP contribution is -2.34. The zero-order chi connectivity index (χ0) is 22.0. The molecule has 2 heterocycles. The van der Waals surface area contributed by atoms with Crippen LogP contribution < -0.4 is 10.6 Å². The van der Waals surface area contributed by atoms with E-state index >= 15 is 4.39 Å². The highest BCUT2D eigenvalue weighted by molar-refractivity contribution is 6.06. The quantitative estimate of drug-likeness (QED) is 0.622. The number of aromatic nitrogens is 1. The molecule has 3 N–H and O–H groups in total. The molecule has 3 aromatic rings. The maximum absolute atomic E-state index is 15.7. The maximum Gasteiger partial charge on any atom is 0.250 e. The number of rotatable bonds is 4. The molecule has 5 nitrogen and oxygen atoms in total. The number of benzene rings is 2. The van der Waals surface area contributed by atoms with Crippen molar-refractivity contribution in [1.29, 1.82) is 0 Å². The van der Waals surface area contributed by atoms with Gasteiger partial charge < -0.3 is 15.6 Å². The van der Waals surface area contributed by atoms with Gasteiger partial charge in [0, 0.05) is 28.9 Å². The number of aryl methyl sites for hydroxylation is 2. The second kappa shape index (κ2) is 6.80. The first kappa shape index (κ1) is 19.5. The van der Waals surface area contributed by atoms with E-state index < -0.39 is 5.91 Å². The second-order valence-corrected chi connectivity index (χ2v) is 8.65. The van der Waals surface area contributed by atoms with Crippen molar-refractivity contribution >= 4 is 28.4 Å². The molecule has 2 aliphatic rings. The van der Waals surface area contributed by atoms with Crippen molar-refractivity contribution in [2.24, 2.45) is 11.7 Å². The van der Waals surface area contributed by atoms with Gasteiger partial charge in [0.1, 0.15) is 5.82 Å². The Labute approximate surface area is 179 Å². The largest absolute Gasteiger partial charge is 0.369 e. The first-order chi connectivity index (χ1) is 14.8. The van der Waals surface area contributed by atoms with Gasteiger partial charge in [-0.15, -0.1) is 0 Å². The average Bonchev–Trinajstić information content (AvgIpc) is 3.46. The third-order valence-corrected chi connectivity index (χ3v) is 6.77. The molecule has 2 amide bonds. The predicted octanol–water partition coefficient (Wildman–Crippen LogP) is 4.25. The number of anilines is 1. The van der Waals surface area contributed by atoms with E-state index in [0.717, 1.165) is 45.4 Å². The van der Waals surface area contributed by atoms with Crippen LogP contribution in [0.2, 0.25) is 0 Å². The van der Waals surface area contributed by atoms with E-state index in [0.29, 0.717) is 29.5 Å². The number of nitrogens with one attached hydrogen (secondary N) is 1. The van der Waals surface area contributed by atoms with Crippen molar-refractivity contribution in [1.82, 2.24) is 4.98 Å². The molecule has 1 saturated carbocycles. The van der Waals surface area contributed by atoms with E-state index in [1.54, 1.807) is 4.90 Å². The lowest BCUT2D eigenvalue weighted by atomic mass is 9.88. The molecular weight excluding hydrogens is 393 g/mol. The smallest absolute Gasteiger partial charge is 0.250 e. The number of amides is 2. The topological polar surface area (TPSA) is 79.2 Å². The first-order valence-electron chi connectivity index (χ1n) is 10.5. The summed E-state index contributed by atoms with van der Waals surface area (Å²) < 4.78 is 15.7. The Morgan fingerprint density at radius 1 is 1.35 bits per heavy atom. The molecule has 158 valence electrons. The highest BCUT2D eigenvalue weighted by Crippen LogP contribution is 2.58. The summed E-state index contributed by atoms with van der Waals surface area (Å²) in [5.74, 6) is -0.322. The zero-order valence-corrected chi connectivity index (χ0v) is 17.6. The van der Waals surface area contributed by atoms with E-state index in [2.05, 4.69) is 11.6 Å².